The molecule has 0 bridgehead atoms. The molecule has 1 atom stereocenters. The van der Waals surface area contributed by atoms with Gasteiger partial charge in [0.25, 0.3) is 0 Å². The van der Waals surface area contributed by atoms with Gasteiger partial charge in [-0.3, -0.25) is 14.4 Å². The monoisotopic (exact) mass is 581 g/mol. The van der Waals surface area contributed by atoms with Crippen LogP contribution in [0.3, 0.4) is 0 Å². The number of ether oxygens (including phenoxy) is 1. The molecule has 0 radical (unpaired) electrons. The molecule has 2 aromatic carbocycles. The van der Waals surface area contributed by atoms with E-state index >= 15 is 0 Å². The van der Waals surface area contributed by atoms with Gasteiger partial charge in [0.2, 0.25) is 12.3 Å². The van der Waals surface area contributed by atoms with E-state index in [0.717, 1.165) is 61.6 Å². The second kappa shape index (κ2) is 21.5. The van der Waals surface area contributed by atoms with Crippen molar-refractivity contribution >= 4 is 30.0 Å². The molecule has 0 aliphatic rings. The Morgan fingerprint density at radius 2 is 1.67 bits per heavy atom. The van der Waals surface area contributed by atoms with Crippen LogP contribution in [-0.4, -0.2) is 43.0 Å². The highest BCUT2D eigenvalue weighted by atomic mass is 16.5. The average molecular weight is 582 g/mol. The van der Waals surface area contributed by atoms with Gasteiger partial charge in [-0.05, 0) is 75.8 Å². The second-order valence-electron chi connectivity index (χ2n) is 9.99. The number of hydrogen-bond acceptors (Lipinski definition) is 7. The Hall–Kier alpha value is -4.25. The highest BCUT2D eigenvalue weighted by molar-refractivity contribution is 5.97. The van der Waals surface area contributed by atoms with Crippen LogP contribution in [0.4, 0.5) is 0 Å². The van der Waals surface area contributed by atoms with Crippen molar-refractivity contribution in [2.24, 2.45) is 39.1 Å². The summed E-state index contributed by atoms with van der Waals surface area (Å²) in [7, 11) is 0. The zero-order chi connectivity index (χ0) is 31.2. The maximum atomic E-state index is 13.0. The fraction of sp³-hybridized carbons (Fsp3) is 0.452. The van der Waals surface area contributed by atoms with E-state index < -0.39 is 0 Å². The lowest BCUT2D eigenvalue weighted by atomic mass is 9.92. The first-order valence-corrected chi connectivity index (χ1v) is 14.3. The molecule has 11 nitrogen and oxygen atoms in total. The Morgan fingerprint density at radius 3 is 2.31 bits per heavy atom. The fourth-order valence-electron chi connectivity index (χ4n) is 4.11. The zero-order valence-corrected chi connectivity index (χ0v) is 24.9. The summed E-state index contributed by atoms with van der Waals surface area (Å²) in [4.78, 5) is 33.6. The number of amides is 2. The number of nitrogens with zero attached hydrogens (tertiary/aromatic N) is 2. The first-order chi connectivity index (χ1) is 20.2. The molecule has 1 unspecified atom stereocenters. The molecule has 42 heavy (non-hydrogen) atoms. The van der Waals surface area contributed by atoms with Crippen molar-refractivity contribution < 1.29 is 19.1 Å². The number of carbonyl (C=O) groups excluding carboxylic acids is 3. The Balaban J connectivity index is 0.00000281. The fourth-order valence-corrected chi connectivity index (χ4v) is 4.11. The summed E-state index contributed by atoms with van der Waals surface area (Å²) in [5.74, 6) is 0.925. The van der Waals surface area contributed by atoms with Gasteiger partial charge < -0.3 is 33.0 Å². The minimum absolute atomic E-state index is 0.0617. The van der Waals surface area contributed by atoms with Crippen molar-refractivity contribution in [3.63, 3.8) is 0 Å². The zero-order valence-electron chi connectivity index (χ0n) is 24.9. The molecule has 2 rings (SSSR count). The summed E-state index contributed by atoms with van der Waals surface area (Å²) < 4.78 is 5.38. The number of hydrogen-bond donors (Lipinski definition) is 5. The molecule has 0 aliphatic carbocycles. The topological polar surface area (TPSA) is 201 Å². The van der Waals surface area contributed by atoms with Gasteiger partial charge in [0, 0.05) is 24.4 Å². The van der Waals surface area contributed by atoms with Crippen molar-refractivity contribution in [1.82, 2.24) is 5.32 Å². The third-order valence-corrected chi connectivity index (χ3v) is 6.25. The van der Waals surface area contributed by atoms with E-state index in [1.54, 1.807) is 13.0 Å². The average Bonchev–Trinajstić information content (AvgIpc) is 2.95. The normalized spacial score (nSPS) is 12.1. The van der Waals surface area contributed by atoms with Gasteiger partial charge in [0.05, 0.1) is 0 Å². The molecule has 0 heterocycles. The van der Waals surface area contributed by atoms with Gasteiger partial charge in [-0.1, -0.05) is 55.7 Å². The lowest BCUT2D eigenvalue weighted by Gasteiger charge is -2.17. The minimum atomic E-state index is -0.212. The molecule has 0 saturated carbocycles. The van der Waals surface area contributed by atoms with E-state index in [0.29, 0.717) is 37.5 Å². The third kappa shape index (κ3) is 16.1. The van der Waals surface area contributed by atoms with E-state index in [1.165, 1.54) is 0 Å². The number of esters is 1. The van der Waals surface area contributed by atoms with Crippen LogP contribution in [0, 0.1) is 12.8 Å². The van der Waals surface area contributed by atoms with Crippen LogP contribution in [0.15, 0.2) is 58.7 Å². The minimum Gasteiger partial charge on any atom is -0.427 e. The summed E-state index contributed by atoms with van der Waals surface area (Å²) in [5.41, 5.74) is 24.2. The number of nitrogens with two attached hydrogens (primary N) is 4. The molecule has 230 valence electrons. The standard InChI is InChI=1S/C30H44N6O3.CH3NO/c1-22-10-9-12-27(20-22)39-28(37)13-5-3-4-8-19-34-30(38)26(11-6-7-18-31)21-24-14-16-25(17-15-24)29(33)36-35-23(2)32;2-1-3/h9-10,12,14-17,20,26H,3-8,11,13,18-19,21,31H2,1-2H3,(H2,32,35)(H2,33,36)(H,34,38);1H,(H2,2,3). The summed E-state index contributed by atoms with van der Waals surface area (Å²) in [5, 5.41) is 10.8. The molecular formula is C31H47N7O4. The number of primary amides is 1. The van der Waals surface area contributed by atoms with E-state index in [1.807, 2.05) is 49.4 Å². The second-order valence-corrected chi connectivity index (χ2v) is 9.99. The van der Waals surface area contributed by atoms with Crippen LogP contribution < -0.4 is 33.0 Å². The third-order valence-electron chi connectivity index (χ3n) is 6.25. The lowest BCUT2D eigenvalue weighted by Crippen LogP contribution is -2.32. The van der Waals surface area contributed by atoms with Gasteiger partial charge in [-0.2, -0.15) is 0 Å². The van der Waals surface area contributed by atoms with Crippen LogP contribution in [0.2, 0.25) is 0 Å². The number of nitrogens with one attached hydrogen (secondary N) is 1. The van der Waals surface area contributed by atoms with Crippen molar-refractivity contribution in [2.75, 3.05) is 13.1 Å². The molecule has 0 fully saturated rings. The van der Waals surface area contributed by atoms with Gasteiger partial charge >= 0.3 is 5.97 Å². The number of unbranched alkanes of at least 4 members (excludes halogenated alkanes) is 4. The summed E-state index contributed by atoms with van der Waals surface area (Å²) in [6.45, 7) is 4.84. The molecule has 0 aliphatic heterocycles. The molecule has 0 aromatic heterocycles. The summed E-state index contributed by atoms with van der Waals surface area (Å²) in [6.07, 6.45) is 7.33. The molecule has 2 aromatic rings. The van der Waals surface area contributed by atoms with Crippen LogP contribution >= 0.6 is 0 Å². The van der Waals surface area contributed by atoms with Crippen molar-refractivity contribution in [3.8, 4) is 5.75 Å². The smallest absolute Gasteiger partial charge is 0.311 e. The van der Waals surface area contributed by atoms with E-state index in [4.69, 9.17) is 26.7 Å². The molecule has 0 spiro atoms. The molecule has 11 heteroatoms. The molecule has 9 N–H and O–H groups in total. The predicted octanol–water partition coefficient (Wildman–Crippen LogP) is 3.05. The van der Waals surface area contributed by atoms with Gasteiger partial charge in [0.15, 0.2) is 5.84 Å². The molecular weight excluding hydrogens is 534 g/mol. The Labute approximate surface area is 249 Å². The number of carbonyl (C=O) groups is 3. The largest absolute Gasteiger partial charge is 0.427 e. The van der Waals surface area contributed by atoms with Crippen molar-refractivity contribution in [1.29, 1.82) is 0 Å². The van der Waals surface area contributed by atoms with Crippen LogP contribution in [0.5, 0.6) is 5.75 Å². The van der Waals surface area contributed by atoms with E-state index in [-0.39, 0.29) is 30.0 Å². The van der Waals surface area contributed by atoms with E-state index in [9.17, 15) is 9.59 Å². The predicted molar refractivity (Wildman–Crippen MR) is 168 cm³/mol. The van der Waals surface area contributed by atoms with Crippen LogP contribution in [0.25, 0.3) is 0 Å². The summed E-state index contributed by atoms with van der Waals surface area (Å²) >= 11 is 0. The first-order valence-electron chi connectivity index (χ1n) is 14.3. The van der Waals surface area contributed by atoms with Gasteiger partial charge in [-0.25, -0.2) is 0 Å². The maximum Gasteiger partial charge on any atom is 0.311 e. The Kier molecular flexibility index (Phi) is 18.3. The molecule has 2 amide bonds. The van der Waals surface area contributed by atoms with Crippen LogP contribution in [0.1, 0.15) is 75.0 Å². The summed E-state index contributed by atoms with van der Waals surface area (Å²) in [6, 6.07) is 15.2. The SMILES string of the molecule is C/C(N)=N/N=C(\N)c1ccc(CC(CCCCN)C(=O)NCCCCCCC(=O)Oc2cccc(C)c2)cc1.NC=O. The van der Waals surface area contributed by atoms with Gasteiger partial charge in [-0.15, -0.1) is 10.2 Å². The number of rotatable bonds is 17. The highest BCUT2D eigenvalue weighted by Crippen LogP contribution is 2.17. The molecule has 0 saturated heterocycles. The Morgan fingerprint density at radius 1 is 0.976 bits per heavy atom. The van der Waals surface area contributed by atoms with Crippen molar-refractivity contribution in [2.45, 2.75) is 71.6 Å². The number of amidine groups is 2. The quantitative estimate of drug-likeness (QED) is 0.0359. The first kappa shape index (κ1) is 35.8. The van der Waals surface area contributed by atoms with Gasteiger partial charge in [0.1, 0.15) is 11.6 Å². The Bertz CT molecular complexity index is 1150. The lowest BCUT2D eigenvalue weighted by molar-refractivity contribution is -0.134. The van der Waals surface area contributed by atoms with E-state index in [2.05, 4.69) is 21.3 Å². The maximum absolute atomic E-state index is 13.0. The van der Waals surface area contributed by atoms with Crippen LogP contribution in [-0.2, 0) is 20.8 Å². The highest BCUT2D eigenvalue weighted by Gasteiger charge is 2.18. The number of aryl methyl sites for hydroxylation is 1. The van der Waals surface area contributed by atoms with Crippen molar-refractivity contribution in [3.05, 3.63) is 65.2 Å². The number of benzene rings is 2.